The molecule has 0 aliphatic carbocycles. The predicted octanol–water partition coefficient (Wildman–Crippen LogP) is 3.16. The lowest BCUT2D eigenvalue weighted by atomic mass is 10.2. The van der Waals surface area contributed by atoms with Crippen molar-refractivity contribution in [3.63, 3.8) is 0 Å². The molecule has 0 saturated carbocycles. The van der Waals surface area contributed by atoms with Crippen LogP contribution < -0.4 is 10.5 Å². The van der Waals surface area contributed by atoms with Crippen molar-refractivity contribution in [2.45, 2.75) is 0 Å². The maximum absolute atomic E-state index is 5.88. The maximum atomic E-state index is 5.88. The van der Waals surface area contributed by atoms with Crippen molar-refractivity contribution < 1.29 is 4.74 Å². The Morgan fingerprint density at radius 1 is 1.35 bits per heavy atom. The Hall–Kier alpha value is -1.65. The molecule has 1 aromatic carbocycles. The van der Waals surface area contributed by atoms with Crippen molar-refractivity contribution >= 4 is 28.8 Å². The van der Waals surface area contributed by atoms with Gasteiger partial charge in [-0.1, -0.05) is 23.8 Å². The Balaban J connectivity index is 2.36. The van der Waals surface area contributed by atoms with Gasteiger partial charge in [-0.05, 0) is 30.3 Å². The molecule has 0 unspecified atom stereocenters. The first-order valence-corrected chi connectivity index (χ1v) is 5.62. The van der Waals surface area contributed by atoms with Crippen LogP contribution in [0.3, 0.4) is 0 Å². The van der Waals surface area contributed by atoms with Gasteiger partial charge in [0.15, 0.2) is 0 Å². The van der Waals surface area contributed by atoms with Gasteiger partial charge >= 0.3 is 0 Å². The first-order valence-electron chi connectivity index (χ1n) is 4.84. The summed E-state index contributed by atoms with van der Waals surface area (Å²) in [6, 6.07) is 8.70. The number of thiocarbonyl (C=S) groups is 1. The van der Waals surface area contributed by atoms with Gasteiger partial charge in [0.05, 0.1) is 11.8 Å². The van der Waals surface area contributed by atoms with Crippen LogP contribution in [-0.4, -0.2) is 9.97 Å². The number of hydrogen-bond donors (Lipinski definition) is 1. The van der Waals surface area contributed by atoms with Gasteiger partial charge in [0, 0.05) is 11.2 Å². The highest BCUT2D eigenvalue weighted by Gasteiger charge is 2.08. The Labute approximate surface area is 109 Å². The van der Waals surface area contributed by atoms with Gasteiger partial charge in [0.1, 0.15) is 16.5 Å². The number of rotatable bonds is 3. The number of aromatic nitrogens is 1. The fourth-order valence-electron chi connectivity index (χ4n) is 1.32. The maximum Gasteiger partial charge on any atom is 0.145 e. The van der Waals surface area contributed by atoms with Gasteiger partial charge in [0.25, 0.3) is 0 Å². The Morgan fingerprint density at radius 3 is 2.82 bits per heavy atom. The molecule has 0 bridgehead atoms. The Bertz CT molecular complexity index is 545. The van der Waals surface area contributed by atoms with Crippen molar-refractivity contribution in [1.82, 2.24) is 4.98 Å². The average Bonchev–Trinajstić information content (AvgIpc) is 2.32. The van der Waals surface area contributed by atoms with E-state index in [1.165, 1.54) is 0 Å². The summed E-state index contributed by atoms with van der Waals surface area (Å²) in [6.07, 6.45) is 3.28. The van der Waals surface area contributed by atoms with E-state index in [9.17, 15) is 0 Å². The van der Waals surface area contributed by atoms with E-state index >= 15 is 0 Å². The topological polar surface area (TPSA) is 48.1 Å². The number of halogens is 1. The fraction of sp³-hybridized carbons (Fsp3) is 0. The zero-order valence-corrected chi connectivity index (χ0v) is 10.3. The summed E-state index contributed by atoms with van der Waals surface area (Å²) >= 11 is 10.8. The van der Waals surface area contributed by atoms with Crippen molar-refractivity contribution in [3.05, 3.63) is 53.3 Å². The van der Waals surface area contributed by atoms with Gasteiger partial charge in [-0.25, -0.2) is 0 Å². The molecule has 2 aromatic rings. The van der Waals surface area contributed by atoms with Gasteiger partial charge in [-0.2, -0.15) is 0 Å². The molecular formula is C12H9ClN2OS. The van der Waals surface area contributed by atoms with E-state index in [4.69, 9.17) is 34.3 Å². The molecule has 0 fully saturated rings. The average molecular weight is 265 g/mol. The molecule has 17 heavy (non-hydrogen) atoms. The molecule has 0 radical (unpaired) electrons. The molecule has 86 valence electrons. The van der Waals surface area contributed by atoms with E-state index in [2.05, 4.69) is 4.98 Å². The summed E-state index contributed by atoms with van der Waals surface area (Å²) in [5, 5.41) is 0.561. The van der Waals surface area contributed by atoms with Crippen LogP contribution in [0, 0.1) is 0 Å². The second-order valence-electron chi connectivity index (χ2n) is 3.30. The smallest absolute Gasteiger partial charge is 0.145 e. The number of benzene rings is 1. The van der Waals surface area contributed by atoms with E-state index in [0.29, 0.717) is 22.1 Å². The third-order valence-electron chi connectivity index (χ3n) is 2.07. The van der Waals surface area contributed by atoms with Crippen LogP contribution in [0.1, 0.15) is 5.56 Å². The van der Waals surface area contributed by atoms with Crippen molar-refractivity contribution in [2.75, 3.05) is 0 Å². The van der Waals surface area contributed by atoms with Crippen LogP contribution in [-0.2, 0) is 0 Å². The number of ether oxygens (including phenoxy) is 1. The summed E-state index contributed by atoms with van der Waals surface area (Å²) in [5.41, 5.74) is 6.22. The Kier molecular flexibility index (Phi) is 3.56. The number of pyridine rings is 1. The quantitative estimate of drug-likeness (QED) is 0.865. The Morgan fingerprint density at radius 2 is 2.18 bits per heavy atom. The molecule has 2 N–H and O–H groups in total. The summed E-state index contributed by atoms with van der Waals surface area (Å²) in [4.78, 5) is 4.20. The summed E-state index contributed by atoms with van der Waals surface area (Å²) in [7, 11) is 0. The van der Waals surface area contributed by atoms with Crippen LogP contribution in [0.5, 0.6) is 11.5 Å². The minimum Gasteiger partial charge on any atom is -0.455 e. The highest BCUT2D eigenvalue weighted by molar-refractivity contribution is 7.80. The molecule has 1 heterocycles. The molecule has 0 saturated heterocycles. The molecule has 2 rings (SSSR count). The van der Waals surface area contributed by atoms with Crippen LogP contribution in [0.2, 0.25) is 5.02 Å². The molecule has 1 aromatic heterocycles. The normalized spacial score (nSPS) is 9.94. The van der Waals surface area contributed by atoms with Gasteiger partial charge < -0.3 is 10.5 Å². The number of nitrogens with zero attached hydrogens (tertiary/aromatic N) is 1. The van der Waals surface area contributed by atoms with Crippen LogP contribution in [0.25, 0.3) is 0 Å². The lowest BCUT2D eigenvalue weighted by Crippen LogP contribution is -2.10. The third kappa shape index (κ3) is 2.93. The summed E-state index contributed by atoms with van der Waals surface area (Å²) in [6.45, 7) is 0. The zero-order chi connectivity index (χ0) is 12.3. The number of hydrogen-bond acceptors (Lipinski definition) is 3. The zero-order valence-electron chi connectivity index (χ0n) is 8.76. The molecule has 3 nitrogen and oxygen atoms in total. The van der Waals surface area contributed by atoms with Gasteiger partial charge in [0.2, 0.25) is 0 Å². The molecule has 0 atom stereocenters. The molecule has 0 amide bonds. The molecule has 0 spiro atoms. The lowest BCUT2D eigenvalue weighted by molar-refractivity contribution is 0.479. The fourth-order valence-corrected chi connectivity index (χ4v) is 1.65. The molecule has 0 aliphatic rings. The molecular weight excluding hydrogens is 256 g/mol. The SMILES string of the molecule is NC(=S)c1cc(Cl)ccc1Oc1cccnc1. The first kappa shape index (κ1) is 11.8. The van der Waals surface area contributed by atoms with E-state index in [0.717, 1.165) is 0 Å². The van der Waals surface area contributed by atoms with Crippen molar-refractivity contribution in [2.24, 2.45) is 5.73 Å². The van der Waals surface area contributed by atoms with E-state index in [-0.39, 0.29) is 4.99 Å². The first-order chi connectivity index (χ1) is 8.16. The summed E-state index contributed by atoms with van der Waals surface area (Å²) in [5.74, 6) is 1.18. The van der Waals surface area contributed by atoms with Crippen LogP contribution in [0.4, 0.5) is 0 Å². The number of nitrogens with two attached hydrogens (primary N) is 1. The summed E-state index contributed by atoms with van der Waals surface area (Å²) < 4.78 is 5.64. The highest BCUT2D eigenvalue weighted by Crippen LogP contribution is 2.27. The lowest BCUT2D eigenvalue weighted by Gasteiger charge is -2.10. The molecule has 0 aliphatic heterocycles. The van der Waals surface area contributed by atoms with Crippen molar-refractivity contribution in [1.29, 1.82) is 0 Å². The monoisotopic (exact) mass is 264 g/mol. The molecule has 5 heteroatoms. The predicted molar refractivity (Wildman–Crippen MR) is 71.7 cm³/mol. The second kappa shape index (κ2) is 5.12. The standard InChI is InChI=1S/C12H9ClN2OS/c13-8-3-4-11(10(6-8)12(14)17)16-9-2-1-5-15-7-9/h1-7H,(H2,14,17). The van der Waals surface area contributed by atoms with Gasteiger partial charge in [-0.15, -0.1) is 0 Å². The van der Waals surface area contributed by atoms with E-state index < -0.39 is 0 Å². The van der Waals surface area contributed by atoms with E-state index in [1.807, 2.05) is 0 Å². The second-order valence-corrected chi connectivity index (χ2v) is 4.17. The minimum absolute atomic E-state index is 0.242. The van der Waals surface area contributed by atoms with Crippen LogP contribution in [0.15, 0.2) is 42.7 Å². The largest absolute Gasteiger partial charge is 0.455 e. The van der Waals surface area contributed by atoms with E-state index in [1.54, 1.807) is 42.7 Å². The highest BCUT2D eigenvalue weighted by atomic mass is 35.5. The minimum atomic E-state index is 0.242. The van der Waals surface area contributed by atoms with Crippen LogP contribution >= 0.6 is 23.8 Å². The van der Waals surface area contributed by atoms with Crippen molar-refractivity contribution in [3.8, 4) is 11.5 Å². The third-order valence-corrected chi connectivity index (χ3v) is 2.52. The van der Waals surface area contributed by atoms with Gasteiger partial charge in [-0.3, -0.25) is 4.98 Å².